The Morgan fingerprint density at radius 2 is 2.64 bits per heavy atom. The van der Waals surface area contributed by atoms with Crippen molar-refractivity contribution in [1.82, 2.24) is 9.97 Å². The van der Waals surface area contributed by atoms with E-state index in [0.29, 0.717) is 4.99 Å². The molecule has 0 unspecified atom stereocenters. The summed E-state index contributed by atoms with van der Waals surface area (Å²) in [7, 11) is 0. The van der Waals surface area contributed by atoms with Gasteiger partial charge in [-0.15, -0.1) is 11.8 Å². The van der Waals surface area contributed by atoms with Crippen molar-refractivity contribution >= 4 is 29.0 Å². The lowest BCUT2D eigenvalue weighted by Gasteiger charge is -1.96. The van der Waals surface area contributed by atoms with Crippen LogP contribution in [0, 0.1) is 0 Å². The molecule has 0 aliphatic heterocycles. The predicted octanol–water partition coefficient (Wildman–Crippen LogP) is 1.16. The lowest BCUT2D eigenvalue weighted by atomic mass is 10.5. The number of thiocarbonyl (C=S) groups is 1. The predicted molar refractivity (Wildman–Crippen MR) is 50.9 cm³/mol. The van der Waals surface area contributed by atoms with Crippen LogP contribution in [0.1, 0.15) is 12.6 Å². The first-order valence-corrected chi connectivity index (χ1v) is 4.61. The van der Waals surface area contributed by atoms with Crippen LogP contribution in [0.2, 0.25) is 0 Å². The summed E-state index contributed by atoms with van der Waals surface area (Å²) in [6, 6.07) is 0. The fraction of sp³-hybridized carbons (Fsp3) is 0.333. The van der Waals surface area contributed by atoms with E-state index in [9.17, 15) is 0 Å². The van der Waals surface area contributed by atoms with Gasteiger partial charge in [-0.05, 0) is 5.75 Å². The average molecular weight is 187 g/mol. The summed E-state index contributed by atoms with van der Waals surface area (Å²) < 4.78 is 0. The molecule has 0 radical (unpaired) electrons. The minimum atomic E-state index is 0.374. The molecule has 1 heterocycles. The summed E-state index contributed by atoms with van der Waals surface area (Å²) in [5.74, 6) is 0.973. The van der Waals surface area contributed by atoms with Gasteiger partial charge < -0.3 is 10.7 Å². The number of rotatable bonds is 3. The molecule has 60 valence electrons. The maximum absolute atomic E-state index is 5.44. The smallest absolute Gasteiger partial charge is 0.124 e. The summed E-state index contributed by atoms with van der Waals surface area (Å²) in [5.41, 5.74) is 6.21. The second-order valence-electron chi connectivity index (χ2n) is 1.88. The molecule has 0 saturated carbocycles. The number of aromatic amines is 1. The van der Waals surface area contributed by atoms with Crippen LogP contribution in [0.4, 0.5) is 0 Å². The third-order valence-electron chi connectivity index (χ3n) is 1.13. The maximum atomic E-state index is 5.44. The Morgan fingerprint density at radius 3 is 3.18 bits per heavy atom. The lowest BCUT2D eigenvalue weighted by Crippen LogP contribution is -2.10. The van der Waals surface area contributed by atoms with E-state index in [1.165, 1.54) is 0 Å². The highest BCUT2D eigenvalue weighted by Crippen LogP contribution is 2.17. The van der Waals surface area contributed by atoms with Crippen LogP contribution >= 0.6 is 24.0 Å². The van der Waals surface area contributed by atoms with Gasteiger partial charge in [0.15, 0.2) is 0 Å². The van der Waals surface area contributed by atoms with Gasteiger partial charge in [0.1, 0.15) is 15.7 Å². The Hall–Kier alpha value is -0.550. The highest BCUT2D eigenvalue weighted by Gasteiger charge is 2.06. The largest absolute Gasteiger partial charge is 0.388 e. The molecule has 0 atom stereocenters. The van der Waals surface area contributed by atoms with Gasteiger partial charge in [0.2, 0.25) is 0 Å². The van der Waals surface area contributed by atoms with Crippen LogP contribution in [-0.2, 0) is 0 Å². The van der Waals surface area contributed by atoms with Crippen molar-refractivity contribution in [2.75, 3.05) is 5.75 Å². The Kier molecular flexibility index (Phi) is 2.90. The molecular formula is C6H9N3S2. The summed E-state index contributed by atoms with van der Waals surface area (Å²) in [4.78, 5) is 7.33. The quantitative estimate of drug-likeness (QED) is 0.550. The second kappa shape index (κ2) is 3.73. The number of thioether (sulfide) groups is 1. The molecule has 0 bridgehead atoms. The lowest BCUT2D eigenvalue weighted by molar-refractivity contribution is 1.19. The molecule has 0 spiro atoms. The number of hydrogen-bond acceptors (Lipinski definition) is 3. The van der Waals surface area contributed by atoms with E-state index < -0.39 is 0 Å². The monoisotopic (exact) mass is 187 g/mol. The Bertz CT molecular complexity index is 256. The van der Waals surface area contributed by atoms with Crippen molar-refractivity contribution in [3.8, 4) is 0 Å². The fourth-order valence-electron chi connectivity index (χ4n) is 0.704. The number of hydrogen-bond donors (Lipinski definition) is 2. The standard InChI is InChI=1S/C6H9N3S2/c1-2-11-6-4(5(7)10)8-3-9-6/h3H,2H2,1H3,(H2,7,10)(H,8,9). The highest BCUT2D eigenvalue weighted by atomic mass is 32.2. The number of nitrogens with one attached hydrogen (secondary N) is 1. The van der Waals surface area contributed by atoms with Crippen LogP contribution < -0.4 is 5.73 Å². The minimum Gasteiger partial charge on any atom is -0.388 e. The second-order valence-corrected chi connectivity index (χ2v) is 3.57. The van der Waals surface area contributed by atoms with E-state index >= 15 is 0 Å². The molecule has 0 aliphatic rings. The van der Waals surface area contributed by atoms with Crippen molar-refractivity contribution in [1.29, 1.82) is 0 Å². The molecule has 0 amide bonds. The molecule has 11 heavy (non-hydrogen) atoms. The van der Waals surface area contributed by atoms with E-state index in [4.69, 9.17) is 18.0 Å². The van der Waals surface area contributed by atoms with Crippen molar-refractivity contribution in [3.05, 3.63) is 12.0 Å². The molecule has 1 aromatic rings. The van der Waals surface area contributed by atoms with E-state index in [-0.39, 0.29) is 0 Å². The van der Waals surface area contributed by atoms with Gasteiger partial charge in [-0.3, -0.25) is 0 Å². The molecule has 0 saturated heterocycles. The number of imidazole rings is 1. The Morgan fingerprint density at radius 1 is 1.91 bits per heavy atom. The molecule has 0 aromatic carbocycles. The van der Waals surface area contributed by atoms with Gasteiger partial charge in [-0.2, -0.15) is 0 Å². The number of nitrogens with zero attached hydrogens (tertiary/aromatic N) is 1. The molecular weight excluding hydrogens is 178 g/mol. The van der Waals surface area contributed by atoms with Crippen LogP contribution in [0.15, 0.2) is 11.4 Å². The zero-order valence-electron chi connectivity index (χ0n) is 6.13. The van der Waals surface area contributed by atoms with Gasteiger partial charge in [-0.25, -0.2) is 4.98 Å². The Balaban J connectivity index is 2.87. The van der Waals surface area contributed by atoms with E-state index in [1.54, 1.807) is 18.1 Å². The van der Waals surface area contributed by atoms with E-state index in [2.05, 4.69) is 16.9 Å². The summed E-state index contributed by atoms with van der Waals surface area (Å²) in [5, 5.41) is 0.889. The average Bonchev–Trinajstić information content (AvgIpc) is 2.36. The molecule has 0 fully saturated rings. The zero-order chi connectivity index (χ0) is 8.27. The van der Waals surface area contributed by atoms with Crippen LogP contribution in [0.5, 0.6) is 0 Å². The van der Waals surface area contributed by atoms with Crippen molar-refractivity contribution < 1.29 is 0 Å². The normalized spacial score (nSPS) is 9.91. The SMILES string of the molecule is CCSc1nc[nH]c1C(N)=S. The molecule has 3 nitrogen and oxygen atoms in total. The third kappa shape index (κ3) is 1.94. The van der Waals surface area contributed by atoms with Gasteiger partial charge in [0, 0.05) is 0 Å². The minimum absolute atomic E-state index is 0.374. The number of nitrogens with two attached hydrogens (primary N) is 1. The van der Waals surface area contributed by atoms with Crippen LogP contribution in [0.3, 0.4) is 0 Å². The number of H-pyrrole nitrogens is 1. The molecule has 0 aliphatic carbocycles. The molecule has 1 aromatic heterocycles. The molecule has 3 N–H and O–H groups in total. The topological polar surface area (TPSA) is 54.7 Å². The van der Waals surface area contributed by atoms with Crippen molar-refractivity contribution in [2.45, 2.75) is 11.9 Å². The Labute approximate surface area is 74.8 Å². The summed E-state index contributed by atoms with van der Waals surface area (Å²) >= 11 is 6.44. The highest BCUT2D eigenvalue weighted by molar-refractivity contribution is 7.99. The maximum Gasteiger partial charge on any atom is 0.124 e. The van der Waals surface area contributed by atoms with E-state index in [1.807, 2.05) is 0 Å². The fourth-order valence-corrected chi connectivity index (χ4v) is 1.64. The molecule has 5 heteroatoms. The van der Waals surface area contributed by atoms with Gasteiger partial charge in [0.25, 0.3) is 0 Å². The van der Waals surface area contributed by atoms with Gasteiger partial charge in [-0.1, -0.05) is 19.1 Å². The first-order chi connectivity index (χ1) is 5.25. The molecule has 1 rings (SSSR count). The van der Waals surface area contributed by atoms with Crippen LogP contribution in [0.25, 0.3) is 0 Å². The number of aromatic nitrogens is 2. The first-order valence-electron chi connectivity index (χ1n) is 3.21. The van der Waals surface area contributed by atoms with Gasteiger partial charge in [0.05, 0.1) is 6.33 Å². The summed E-state index contributed by atoms with van der Waals surface area (Å²) in [6.07, 6.45) is 1.60. The van der Waals surface area contributed by atoms with Gasteiger partial charge >= 0.3 is 0 Å². The summed E-state index contributed by atoms with van der Waals surface area (Å²) in [6.45, 7) is 2.06. The zero-order valence-corrected chi connectivity index (χ0v) is 7.76. The van der Waals surface area contributed by atoms with Crippen LogP contribution in [-0.4, -0.2) is 20.7 Å². The van der Waals surface area contributed by atoms with Crippen molar-refractivity contribution in [2.24, 2.45) is 5.73 Å². The van der Waals surface area contributed by atoms with E-state index in [0.717, 1.165) is 16.5 Å². The third-order valence-corrected chi connectivity index (χ3v) is 2.21. The first kappa shape index (κ1) is 8.55. The van der Waals surface area contributed by atoms with Crippen molar-refractivity contribution in [3.63, 3.8) is 0 Å².